The lowest BCUT2D eigenvalue weighted by Crippen LogP contribution is -2.52. The maximum Gasteiger partial charge on any atom is 0.308 e. The van der Waals surface area contributed by atoms with Crippen molar-refractivity contribution in [3.8, 4) is 0 Å². The monoisotopic (exact) mass is 352 g/mol. The van der Waals surface area contributed by atoms with E-state index in [1.54, 1.807) is 0 Å². The minimum absolute atomic E-state index is 0. The summed E-state index contributed by atoms with van der Waals surface area (Å²) in [4.78, 5) is 14.1. The van der Waals surface area contributed by atoms with Crippen LogP contribution in [-0.4, -0.2) is 50.2 Å². The van der Waals surface area contributed by atoms with Crippen LogP contribution in [0.5, 0.6) is 0 Å². The van der Waals surface area contributed by atoms with E-state index in [1.165, 1.54) is 59.0 Å². The van der Waals surface area contributed by atoms with Crippen LogP contribution in [0.4, 0.5) is 0 Å². The zero-order valence-electron chi connectivity index (χ0n) is 13.5. The van der Waals surface area contributed by atoms with Crippen molar-refractivity contribution in [1.82, 2.24) is 10.2 Å². The second-order valence-electron chi connectivity index (χ2n) is 6.83. The highest BCUT2D eigenvalue weighted by Gasteiger charge is 2.40. The number of nitrogens with zero attached hydrogens (tertiary/aromatic N) is 1. The van der Waals surface area contributed by atoms with Gasteiger partial charge in [0.2, 0.25) is 0 Å². The Hall–Kier alpha value is -0.0300. The van der Waals surface area contributed by atoms with Crippen LogP contribution in [0.1, 0.15) is 38.5 Å². The van der Waals surface area contributed by atoms with Gasteiger partial charge in [-0.2, -0.15) is 0 Å². The van der Waals surface area contributed by atoms with Gasteiger partial charge in [0, 0.05) is 12.6 Å². The average molecular weight is 353 g/mol. The Bertz CT molecular complexity index is 345. The third kappa shape index (κ3) is 4.50. The smallest absolute Gasteiger partial charge is 0.308 e. The number of methoxy groups -OCH3 is 1. The van der Waals surface area contributed by atoms with Crippen molar-refractivity contribution in [2.45, 2.75) is 44.6 Å². The van der Waals surface area contributed by atoms with Gasteiger partial charge in [-0.15, -0.1) is 24.8 Å². The molecule has 0 radical (unpaired) electrons. The van der Waals surface area contributed by atoms with Gasteiger partial charge in [-0.05, 0) is 70.0 Å². The number of carbonyl (C=O) groups is 1. The molecule has 6 heteroatoms. The molecule has 1 saturated carbocycles. The first-order valence-electron chi connectivity index (χ1n) is 8.30. The summed E-state index contributed by atoms with van der Waals surface area (Å²) >= 11 is 0. The SMILES string of the molecule is COC(=O)C1CC(N2CCCC(C3CCNCC3)C2)C1.Cl.Cl. The first-order chi connectivity index (χ1) is 9.78. The number of likely N-dealkylation sites (tertiary alicyclic amines) is 1. The Labute approximate surface area is 146 Å². The summed E-state index contributed by atoms with van der Waals surface area (Å²) < 4.78 is 4.84. The molecule has 0 aromatic heterocycles. The molecule has 0 spiro atoms. The van der Waals surface area contributed by atoms with Gasteiger partial charge in [0.25, 0.3) is 0 Å². The molecule has 2 saturated heterocycles. The number of carbonyl (C=O) groups excluding carboxylic acids is 1. The zero-order chi connectivity index (χ0) is 13.9. The number of hydrogen-bond donors (Lipinski definition) is 1. The van der Waals surface area contributed by atoms with E-state index >= 15 is 0 Å². The second-order valence-corrected chi connectivity index (χ2v) is 6.83. The number of halogens is 2. The minimum atomic E-state index is -0.00633. The number of rotatable bonds is 3. The molecule has 1 aliphatic carbocycles. The Morgan fingerprint density at radius 3 is 2.41 bits per heavy atom. The molecule has 0 aromatic carbocycles. The van der Waals surface area contributed by atoms with E-state index in [-0.39, 0.29) is 36.7 Å². The van der Waals surface area contributed by atoms with Gasteiger partial charge in [0.05, 0.1) is 13.0 Å². The number of nitrogens with one attached hydrogen (secondary N) is 1. The Morgan fingerprint density at radius 2 is 1.77 bits per heavy atom. The standard InChI is InChI=1S/C16H28N2O2.2ClH/c1-20-16(19)14-9-15(10-14)18-8-2-3-13(11-18)12-4-6-17-7-5-12;;/h12-15,17H,2-11H2,1H3;2*1H. The number of ether oxygens (including phenoxy) is 1. The quantitative estimate of drug-likeness (QED) is 0.792. The summed E-state index contributed by atoms with van der Waals surface area (Å²) in [6, 6.07) is 0.642. The fourth-order valence-electron chi connectivity index (χ4n) is 4.32. The summed E-state index contributed by atoms with van der Waals surface area (Å²) in [6.45, 7) is 4.91. The van der Waals surface area contributed by atoms with E-state index in [9.17, 15) is 4.79 Å². The zero-order valence-corrected chi connectivity index (χ0v) is 15.1. The summed E-state index contributed by atoms with van der Waals surface area (Å²) in [7, 11) is 1.50. The molecule has 1 unspecified atom stereocenters. The maximum absolute atomic E-state index is 11.5. The highest BCUT2D eigenvalue weighted by Crippen LogP contribution is 2.37. The lowest BCUT2D eigenvalue weighted by Gasteiger charge is -2.47. The molecule has 1 N–H and O–H groups in total. The Kier molecular flexibility index (Phi) is 8.47. The molecule has 2 heterocycles. The van der Waals surface area contributed by atoms with Crippen LogP contribution < -0.4 is 5.32 Å². The lowest BCUT2D eigenvalue weighted by molar-refractivity contribution is -0.151. The van der Waals surface area contributed by atoms with Gasteiger partial charge >= 0.3 is 5.97 Å². The van der Waals surface area contributed by atoms with Crippen molar-refractivity contribution in [1.29, 1.82) is 0 Å². The second kappa shape index (κ2) is 9.31. The average Bonchev–Trinajstić information content (AvgIpc) is 2.47. The van der Waals surface area contributed by atoms with Gasteiger partial charge in [-0.25, -0.2) is 0 Å². The van der Waals surface area contributed by atoms with Crippen LogP contribution in [0.25, 0.3) is 0 Å². The molecule has 0 aromatic rings. The first-order valence-corrected chi connectivity index (χ1v) is 8.30. The van der Waals surface area contributed by atoms with Crippen molar-refractivity contribution in [2.75, 3.05) is 33.3 Å². The molecule has 4 nitrogen and oxygen atoms in total. The fourth-order valence-corrected chi connectivity index (χ4v) is 4.32. The molecule has 1 atom stereocenters. The summed E-state index contributed by atoms with van der Waals surface area (Å²) in [5, 5.41) is 3.47. The van der Waals surface area contributed by atoms with Crippen molar-refractivity contribution >= 4 is 30.8 Å². The van der Waals surface area contributed by atoms with Gasteiger partial charge in [-0.1, -0.05) is 0 Å². The van der Waals surface area contributed by atoms with E-state index in [0.717, 1.165) is 24.7 Å². The highest BCUT2D eigenvalue weighted by atomic mass is 35.5. The van der Waals surface area contributed by atoms with Crippen LogP contribution >= 0.6 is 24.8 Å². The summed E-state index contributed by atoms with van der Waals surface area (Å²) in [6.07, 6.45) is 7.50. The Balaban J connectivity index is 0.00000121. The number of hydrogen-bond acceptors (Lipinski definition) is 4. The van der Waals surface area contributed by atoms with E-state index in [4.69, 9.17) is 4.74 Å². The van der Waals surface area contributed by atoms with Crippen LogP contribution in [-0.2, 0) is 9.53 Å². The van der Waals surface area contributed by atoms with E-state index in [2.05, 4.69) is 10.2 Å². The molecule has 22 heavy (non-hydrogen) atoms. The van der Waals surface area contributed by atoms with E-state index in [1.807, 2.05) is 0 Å². The van der Waals surface area contributed by atoms with E-state index in [0.29, 0.717) is 6.04 Å². The topological polar surface area (TPSA) is 41.6 Å². The molecule has 3 fully saturated rings. The minimum Gasteiger partial charge on any atom is -0.469 e. The first kappa shape index (κ1) is 20.0. The molecule has 130 valence electrons. The lowest BCUT2D eigenvalue weighted by atomic mass is 9.75. The summed E-state index contributed by atoms with van der Waals surface area (Å²) in [5.74, 6) is 1.98. The van der Waals surface area contributed by atoms with Gasteiger partial charge in [0.15, 0.2) is 0 Å². The predicted molar refractivity (Wildman–Crippen MR) is 92.9 cm³/mol. The molecule has 2 aliphatic heterocycles. The maximum atomic E-state index is 11.5. The van der Waals surface area contributed by atoms with Crippen molar-refractivity contribution in [2.24, 2.45) is 17.8 Å². The van der Waals surface area contributed by atoms with Gasteiger partial charge in [0.1, 0.15) is 0 Å². The van der Waals surface area contributed by atoms with E-state index < -0.39 is 0 Å². The number of esters is 1. The molecule has 3 rings (SSSR count). The third-order valence-electron chi connectivity index (χ3n) is 5.70. The van der Waals surface area contributed by atoms with Crippen LogP contribution in [0, 0.1) is 17.8 Å². The van der Waals surface area contributed by atoms with Crippen molar-refractivity contribution in [3.05, 3.63) is 0 Å². The van der Waals surface area contributed by atoms with Crippen molar-refractivity contribution in [3.63, 3.8) is 0 Å². The molecule has 0 bridgehead atoms. The highest BCUT2D eigenvalue weighted by molar-refractivity contribution is 5.85. The largest absolute Gasteiger partial charge is 0.469 e. The van der Waals surface area contributed by atoms with Gasteiger partial charge in [-0.3, -0.25) is 4.79 Å². The summed E-state index contributed by atoms with van der Waals surface area (Å²) in [5.41, 5.74) is 0. The van der Waals surface area contributed by atoms with Crippen LogP contribution in [0.3, 0.4) is 0 Å². The third-order valence-corrected chi connectivity index (χ3v) is 5.70. The fraction of sp³-hybridized carbons (Fsp3) is 0.938. The number of piperidine rings is 2. The predicted octanol–water partition coefficient (Wildman–Crippen LogP) is 2.49. The Morgan fingerprint density at radius 1 is 1.09 bits per heavy atom. The van der Waals surface area contributed by atoms with Crippen LogP contribution in [0.15, 0.2) is 0 Å². The molecule has 3 aliphatic rings. The van der Waals surface area contributed by atoms with Crippen molar-refractivity contribution < 1.29 is 9.53 Å². The van der Waals surface area contributed by atoms with Crippen LogP contribution in [0.2, 0.25) is 0 Å². The van der Waals surface area contributed by atoms with Gasteiger partial charge < -0.3 is 15.0 Å². The molecular weight excluding hydrogens is 323 g/mol. The normalized spacial score (nSPS) is 33.0. The molecular formula is C16H30Cl2N2O2. The molecule has 0 amide bonds.